The first-order valence-corrected chi connectivity index (χ1v) is 9.48. The van der Waals surface area contributed by atoms with Gasteiger partial charge in [0.25, 0.3) is 0 Å². The van der Waals surface area contributed by atoms with Gasteiger partial charge in [-0.1, -0.05) is 0 Å². The molecule has 124 valence electrons. The molecule has 0 spiro atoms. The van der Waals surface area contributed by atoms with Gasteiger partial charge in [0.05, 0.1) is 18.6 Å². The Morgan fingerprint density at radius 3 is 2.52 bits per heavy atom. The quantitative estimate of drug-likeness (QED) is 0.727. The Morgan fingerprint density at radius 2 is 1.83 bits per heavy atom. The van der Waals surface area contributed by atoms with Crippen LogP contribution >= 0.6 is 23.2 Å². The lowest BCUT2D eigenvalue weighted by molar-refractivity contribution is -0.134. The van der Waals surface area contributed by atoms with Crippen molar-refractivity contribution >= 4 is 29.1 Å². The van der Waals surface area contributed by atoms with Crippen molar-refractivity contribution < 1.29 is 4.79 Å². The van der Waals surface area contributed by atoms with Crippen molar-refractivity contribution in [3.63, 3.8) is 0 Å². The Morgan fingerprint density at radius 1 is 1.13 bits per heavy atom. The minimum atomic E-state index is -0.471. The monoisotopic (exact) mass is 353 g/mol. The zero-order valence-corrected chi connectivity index (χ0v) is 14.5. The molecule has 3 aliphatic carbocycles. The highest BCUT2D eigenvalue weighted by molar-refractivity contribution is 6.51. The molecule has 1 aromatic heterocycles. The topological polar surface area (TPSA) is 38.1 Å². The fraction of sp³-hybridized carbons (Fsp3) is 0.765. The Bertz CT molecular complexity index is 636. The number of nitrogens with zero attached hydrogens (tertiary/aromatic N) is 3. The molecule has 4 nitrogen and oxygen atoms in total. The average molecular weight is 354 g/mol. The highest BCUT2D eigenvalue weighted by atomic mass is 35.5. The molecule has 1 aromatic rings. The minimum absolute atomic E-state index is 0.252. The van der Waals surface area contributed by atoms with E-state index in [4.69, 9.17) is 23.2 Å². The second-order valence-corrected chi connectivity index (χ2v) is 9.18. The van der Waals surface area contributed by atoms with Gasteiger partial charge in [-0.25, -0.2) is 4.98 Å². The molecule has 0 aromatic carbocycles. The maximum absolute atomic E-state index is 12.9. The SMILES string of the molecule is O=C(C1[C@H]2CC[C@H]3[C@@H](CC[C@@H]12)C3(Cl)Cl)N1CCn2cncc2C1. The molecule has 5 atom stereocenters. The van der Waals surface area contributed by atoms with Gasteiger partial charge in [0.15, 0.2) is 0 Å². The van der Waals surface area contributed by atoms with Crippen LogP contribution in [0.1, 0.15) is 31.4 Å². The highest BCUT2D eigenvalue weighted by Gasteiger charge is 2.65. The summed E-state index contributed by atoms with van der Waals surface area (Å²) in [7, 11) is 0. The molecule has 0 saturated heterocycles. The third-order valence-electron chi connectivity index (χ3n) is 6.68. The van der Waals surface area contributed by atoms with Gasteiger partial charge in [0, 0.05) is 25.2 Å². The summed E-state index contributed by atoms with van der Waals surface area (Å²) in [5.41, 5.74) is 1.15. The zero-order valence-electron chi connectivity index (χ0n) is 13.0. The second-order valence-electron chi connectivity index (χ2n) is 7.73. The summed E-state index contributed by atoms with van der Waals surface area (Å²) in [5.74, 6) is 2.69. The van der Waals surface area contributed by atoms with Crippen LogP contribution in [0.3, 0.4) is 0 Å². The molecule has 3 fully saturated rings. The van der Waals surface area contributed by atoms with E-state index in [9.17, 15) is 4.79 Å². The van der Waals surface area contributed by atoms with Crippen molar-refractivity contribution in [1.82, 2.24) is 14.5 Å². The largest absolute Gasteiger partial charge is 0.335 e. The molecular formula is C17H21Cl2N3O. The molecule has 0 N–H and O–H groups in total. The van der Waals surface area contributed by atoms with E-state index in [-0.39, 0.29) is 5.92 Å². The molecule has 6 heteroatoms. The standard InChI is InChI=1S/C17H21Cl2N3O/c18-17(19)13-3-1-11-12(2-4-14(13)17)15(11)16(23)21-5-6-22-9-20-7-10(22)8-21/h7,9,11-15H,1-6,8H2/t11-,12+,13-,14+,15?. The van der Waals surface area contributed by atoms with Gasteiger partial charge in [-0.15, -0.1) is 23.2 Å². The van der Waals surface area contributed by atoms with Gasteiger partial charge in [-0.05, 0) is 49.4 Å². The van der Waals surface area contributed by atoms with Gasteiger partial charge < -0.3 is 9.47 Å². The number of imidazole rings is 1. The first-order chi connectivity index (χ1) is 11.1. The molecule has 1 unspecified atom stereocenters. The summed E-state index contributed by atoms with van der Waals surface area (Å²) in [6.45, 7) is 2.40. The summed E-state index contributed by atoms with van der Waals surface area (Å²) < 4.78 is 1.68. The van der Waals surface area contributed by atoms with Gasteiger partial charge in [0.2, 0.25) is 5.91 Å². The van der Waals surface area contributed by atoms with Crippen LogP contribution in [0.4, 0.5) is 0 Å². The van der Waals surface area contributed by atoms with Crippen LogP contribution in [0.2, 0.25) is 0 Å². The summed E-state index contributed by atoms with van der Waals surface area (Å²) in [4.78, 5) is 19.2. The molecule has 1 aliphatic heterocycles. The molecular weight excluding hydrogens is 333 g/mol. The van der Waals surface area contributed by atoms with Gasteiger partial charge in [-0.2, -0.15) is 0 Å². The Balaban J connectivity index is 1.25. The van der Waals surface area contributed by atoms with E-state index in [0.29, 0.717) is 36.1 Å². The first kappa shape index (κ1) is 14.6. The van der Waals surface area contributed by atoms with E-state index in [1.807, 2.05) is 17.4 Å². The predicted octanol–water partition coefficient (Wildman–Crippen LogP) is 3.08. The van der Waals surface area contributed by atoms with Gasteiger partial charge >= 0.3 is 0 Å². The lowest BCUT2D eigenvalue weighted by Gasteiger charge is -2.28. The Kier molecular flexibility index (Phi) is 3.10. The van der Waals surface area contributed by atoms with E-state index in [1.165, 1.54) is 0 Å². The molecule has 3 saturated carbocycles. The van der Waals surface area contributed by atoms with Gasteiger partial charge in [-0.3, -0.25) is 4.79 Å². The van der Waals surface area contributed by atoms with Crippen molar-refractivity contribution in [2.24, 2.45) is 29.6 Å². The summed E-state index contributed by atoms with van der Waals surface area (Å²) >= 11 is 12.7. The van der Waals surface area contributed by atoms with E-state index in [1.54, 1.807) is 0 Å². The van der Waals surface area contributed by atoms with Gasteiger partial charge in [0.1, 0.15) is 4.33 Å². The van der Waals surface area contributed by atoms with Crippen LogP contribution in [0.5, 0.6) is 0 Å². The van der Waals surface area contributed by atoms with Crippen LogP contribution in [0.25, 0.3) is 0 Å². The van der Waals surface area contributed by atoms with E-state index in [0.717, 1.165) is 44.5 Å². The Labute approximate surface area is 146 Å². The number of aromatic nitrogens is 2. The molecule has 2 heterocycles. The first-order valence-electron chi connectivity index (χ1n) is 8.73. The van der Waals surface area contributed by atoms with E-state index in [2.05, 4.69) is 9.55 Å². The minimum Gasteiger partial charge on any atom is -0.335 e. The molecule has 5 rings (SSSR count). The normalized spacial score (nSPS) is 40.3. The van der Waals surface area contributed by atoms with E-state index < -0.39 is 4.33 Å². The lowest BCUT2D eigenvalue weighted by Crippen LogP contribution is -2.39. The van der Waals surface area contributed by atoms with Crippen molar-refractivity contribution in [3.05, 3.63) is 18.2 Å². The van der Waals surface area contributed by atoms with Crippen molar-refractivity contribution in [1.29, 1.82) is 0 Å². The third kappa shape index (κ3) is 2.17. The van der Waals surface area contributed by atoms with Crippen molar-refractivity contribution in [3.8, 4) is 0 Å². The second kappa shape index (κ2) is 4.89. The zero-order chi connectivity index (χ0) is 15.8. The van der Waals surface area contributed by atoms with Crippen molar-refractivity contribution in [2.75, 3.05) is 6.54 Å². The number of halogens is 2. The number of carbonyl (C=O) groups is 1. The van der Waals surface area contributed by atoms with Crippen LogP contribution in [-0.4, -0.2) is 31.2 Å². The number of hydrogen-bond donors (Lipinski definition) is 0. The number of hydrogen-bond acceptors (Lipinski definition) is 2. The van der Waals surface area contributed by atoms with E-state index >= 15 is 0 Å². The molecule has 23 heavy (non-hydrogen) atoms. The third-order valence-corrected chi connectivity index (χ3v) is 7.80. The van der Waals surface area contributed by atoms with Crippen LogP contribution < -0.4 is 0 Å². The van der Waals surface area contributed by atoms with Crippen molar-refractivity contribution in [2.45, 2.75) is 43.1 Å². The molecule has 4 aliphatic rings. The number of amides is 1. The van der Waals surface area contributed by atoms with Crippen LogP contribution in [-0.2, 0) is 17.9 Å². The van der Waals surface area contributed by atoms with Crippen LogP contribution in [0.15, 0.2) is 12.5 Å². The number of carbonyl (C=O) groups excluding carboxylic acids is 1. The highest BCUT2D eigenvalue weighted by Crippen LogP contribution is 2.67. The fourth-order valence-corrected chi connectivity index (χ4v) is 6.09. The maximum Gasteiger partial charge on any atom is 0.226 e. The molecule has 0 bridgehead atoms. The molecule has 1 amide bonds. The fourth-order valence-electron chi connectivity index (χ4n) is 5.17. The maximum atomic E-state index is 12.9. The summed E-state index contributed by atoms with van der Waals surface area (Å²) in [6.07, 6.45) is 8.16. The number of fused-ring (bicyclic) bond motifs is 3. The summed E-state index contributed by atoms with van der Waals surface area (Å²) in [6, 6.07) is 0. The van der Waals surface area contributed by atoms with Crippen LogP contribution in [0, 0.1) is 29.6 Å². The predicted molar refractivity (Wildman–Crippen MR) is 88.0 cm³/mol. The number of alkyl halides is 2. The molecule has 0 radical (unpaired) electrons. The Hall–Kier alpha value is -0.740. The smallest absolute Gasteiger partial charge is 0.226 e. The average Bonchev–Trinajstić information content (AvgIpc) is 3.20. The number of rotatable bonds is 1. The summed E-state index contributed by atoms with van der Waals surface area (Å²) in [5, 5.41) is 0. The lowest BCUT2D eigenvalue weighted by atomic mass is 10.0.